The fourth-order valence-electron chi connectivity index (χ4n) is 5.74. The van der Waals surface area contributed by atoms with Crippen LogP contribution in [0.15, 0.2) is 65.8 Å². The number of nitrogens with one attached hydrogen (secondary N) is 2. The SMILES string of the molecule is COc1cc(-c2cccc(-c3cccc(NC(=O)c4cncn(C)c4=O)c3C)c2C)cc(F)c1CNC[C@H]1CCC(=O)C1. The molecular formula is C34H35FN4O4. The summed E-state index contributed by atoms with van der Waals surface area (Å²) >= 11 is 0. The second-order valence-corrected chi connectivity index (χ2v) is 11.1. The van der Waals surface area contributed by atoms with Crippen LogP contribution in [-0.2, 0) is 18.4 Å². The predicted molar refractivity (Wildman–Crippen MR) is 165 cm³/mol. The van der Waals surface area contributed by atoms with Crippen molar-refractivity contribution in [2.75, 3.05) is 19.0 Å². The Morgan fingerprint density at radius 2 is 1.79 bits per heavy atom. The van der Waals surface area contributed by atoms with Crippen molar-refractivity contribution in [3.05, 3.63) is 99.5 Å². The largest absolute Gasteiger partial charge is 0.496 e. The molecule has 0 aliphatic heterocycles. The normalized spacial score (nSPS) is 14.6. The molecule has 0 saturated heterocycles. The summed E-state index contributed by atoms with van der Waals surface area (Å²) in [5.74, 6) is 0.146. The first-order valence-corrected chi connectivity index (χ1v) is 14.3. The summed E-state index contributed by atoms with van der Waals surface area (Å²) in [4.78, 5) is 40.9. The molecule has 1 fully saturated rings. The lowest BCUT2D eigenvalue weighted by molar-refractivity contribution is -0.117. The van der Waals surface area contributed by atoms with Crippen molar-refractivity contribution in [3.8, 4) is 28.0 Å². The molecule has 3 aromatic carbocycles. The van der Waals surface area contributed by atoms with Gasteiger partial charge in [0.05, 0.1) is 13.4 Å². The molecule has 4 aromatic rings. The second kappa shape index (κ2) is 12.7. The fourth-order valence-corrected chi connectivity index (χ4v) is 5.74. The number of benzene rings is 3. The van der Waals surface area contributed by atoms with Crippen LogP contribution in [0.4, 0.5) is 10.1 Å². The van der Waals surface area contributed by atoms with Crippen LogP contribution in [0.1, 0.15) is 46.3 Å². The van der Waals surface area contributed by atoms with E-state index in [2.05, 4.69) is 15.6 Å². The average Bonchev–Trinajstić information content (AvgIpc) is 3.41. The Bertz CT molecular complexity index is 1760. The standard InChI is InChI=1S/C34H35FN4O4/c1-20-25(23-14-30(35)28(32(15-23)43-4)17-36-16-22-11-12-24(40)13-22)7-5-8-26(20)27-9-6-10-31(21(27)2)38-33(41)29-18-37-19-39(3)34(29)42/h5-10,14-15,18-19,22,36H,11-13,16-17H2,1-4H3,(H,38,41)/t22-/m0/s1. The third kappa shape index (κ3) is 6.27. The molecule has 5 rings (SSSR count). The Hall–Kier alpha value is -4.63. The van der Waals surface area contributed by atoms with Gasteiger partial charge >= 0.3 is 0 Å². The monoisotopic (exact) mass is 582 g/mol. The molecule has 2 N–H and O–H groups in total. The van der Waals surface area contributed by atoms with E-state index in [0.717, 1.165) is 34.2 Å². The van der Waals surface area contributed by atoms with Gasteiger partial charge in [-0.15, -0.1) is 0 Å². The smallest absolute Gasteiger partial charge is 0.265 e. The number of ketones is 1. The van der Waals surface area contributed by atoms with Crippen LogP contribution in [0.2, 0.25) is 0 Å². The van der Waals surface area contributed by atoms with Crippen molar-refractivity contribution in [2.24, 2.45) is 13.0 Å². The maximum atomic E-state index is 15.5. The van der Waals surface area contributed by atoms with E-state index in [4.69, 9.17) is 4.74 Å². The van der Waals surface area contributed by atoms with Crippen molar-refractivity contribution in [2.45, 2.75) is 39.7 Å². The van der Waals surface area contributed by atoms with Crippen molar-refractivity contribution < 1.29 is 18.7 Å². The lowest BCUT2D eigenvalue weighted by atomic mass is 9.90. The molecule has 0 spiro atoms. The van der Waals surface area contributed by atoms with E-state index in [1.165, 1.54) is 30.3 Å². The van der Waals surface area contributed by atoms with E-state index in [-0.39, 0.29) is 11.4 Å². The lowest BCUT2D eigenvalue weighted by Crippen LogP contribution is -2.28. The van der Waals surface area contributed by atoms with Crippen LogP contribution >= 0.6 is 0 Å². The van der Waals surface area contributed by atoms with Crippen molar-refractivity contribution >= 4 is 17.4 Å². The molecule has 8 nitrogen and oxygen atoms in total. The summed E-state index contributed by atoms with van der Waals surface area (Å²) in [5, 5.41) is 6.15. The van der Waals surface area contributed by atoms with E-state index >= 15 is 4.39 Å². The Balaban J connectivity index is 1.42. The summed E-state index contributed by atoms with van der Waals surface area (Å²) < 4.78 is 22.4. The third-order valence-corrected chi connectivity index (χ3v) is 8.21. The highest BCUT2D eigenvalue weighted by molar-refractivity contribution is 6.04. The Kier molecular flexibility index (Phi) is 8.82. The summed E-state index contributed by atoms with van der Waals surface area (Å²) in [5.41, 5.74) is 5.68. The number of ether oxygens (including phenoxy) is 1. The molecule has 0 unspecified atom stereocenters. The first-order valence-electron chi connectivity index (χ1n) is 14.3. The average molecular weight is 583 g/mol. The van der Waals surface area contributed by atoms with Crippen LogP contribution in [0, 0.1) is 25.6 Å². The number of halogens is 1. The van der Waals surface area contributed by atoms with E-state index in [1.54, 1.807) is 13.1 Å². The number of nitrogens with zero attached hydrogens (tertiary/aromatic N) is 2. The van der Waals surface area contributed by atoms with Gasteiger partial charge in [-0.25, -0.2) is 9.37 Å². The summed E-state index contributed by atoms with van der Waals surface area (Å²) in [6.07, 6.45) is 4.70. The number of hydrogen-bond donors (Lipinski definition) is 2. The molecule has 0 bridgehead atoms. The fraction of sp³-hybridized carbons (Fsp3) is 0.294. The summed E-state index contributed by atoms with van der Waals surface area (Å²) in [6, 6.07) is 14.8. The van der Waals surface area contributed by atoms with Crippen LogP contribution in [0.25, 0.3) is 22.3 Å². The van der Waals surface area contributed by atoms with Gasteiger partial charge in [0, 0.05) is 43.9 Å². The van der Waals surface area contributed by atoms with Crippen LogP contribution in [0.3, 0.4) is 0 Å². The number of Topliss-reactive ketones (excluding diaryl/α,β-unsaturated/α-hetero) is 1. The molecular weight excluding hydrogens is 547 g/mol. The Morgan fingerprint density at radius 1 is 1.07 bits per heavy atom. The molecule has 9 heteroatoms. The first kappa shape index (κ1) is 29.8. The quantitative estimate of drug-likeness (QED) is 0.267. The molecule has 1 aromatic heterocycles. The van der Waals surface area contributed by atoms with Gasteiger partial charge in [0.15, 0.2) is 0 Å². The highest BCUT2D eigenvalue weighted by atomic mass is 19.1. The highest BCUT2D eigenvalue weighted by Crippen LogP contribution is 2.37. The number of rotatable bonds is 9. The zero-order chi connectivity index (χ0) is 30.7. The molecule has 43 heavy (non-hydrogen) atoms. The van der Waals surface area contributed by atoms with Crippen LogP contribution in [-0.4, -0.2) is 34.9 Å². The molecule has 1 heterocycles. The number of anilines is 1. The zero-order valence-corrected chi connectivity index (χ0v) is 24.8. The van der Waals surface area contributed by atoms with E-state index in [9.17, 15) is 14.4 Å². The van der Waals surface area contributed by atoms with Gasteiger partial charge in [0.2, 0.25) is 0 Å². The number of amides is 1. The molecule has 1 atom stereocenters. The van der Waals surface area contributed by atoms with Gasteiger partial charge in [-0.3, -0.25) is 14.4 Å². The Labute approximate surface area is 249 Å². The molecule has 0 radical (unpaired) electrons. The van der Waals surface area contributed by atoms with Crippen LogP contribution in [0.5, 0.6) is 5.75 Å². The highest BCUT2D eigenvalue weighted by Gasteiger charge is 2.22. The van der Waals surface area contributed by atoms with Gasteiger partial charge in [-0.2, -0.15) is 0 Å². The number of carbonyl (C=O) groups excluding carboxylic acids is 2. The summed E-state index contributed by atoms with van der Waals surface area (Å²) in [6.45, 7) is 4.86. The van der Waals surface area contributed by atoms with Crippen molar-refractivity contribution in [1.29, 1.82) is 0 Å². The van der Waals surface area contributed by atoms with Gasteiger partial charge in [-0.05, 0) is 84.3 Å². The first-order chi connectivity index (χ1) is 20.7. The number of methoxy groups -OCH3 is 1. The minimum Gasteiger partial charge on any atom is -0.496 e. The number of hydrogen-bond acceptors (Lipinski definition) is 6. The van der Waals surface area contributed by atoms with Crippen molar-refractivity contribution in [1.82, 2.24) is 14.9 Å². The summed E-state index contributed by atoms with van der Waals surface area (Å²) in [7, 11) is 3.08. The predicted octanol–water partition coefficient (Wildman–Crippen LogP) is 5.59. The van der Waals surface area contributed by atoms with Gasteiger partial charge in [0.25, 0.3) is 11.5 Å². The van der Waals surface area contributed by atoms with Crippen LogP contribution < -0.4 is 20.9 Å². The minimum absolute atomic E-state index is 0.0451. The zero-order valence-electron chi connectivity index (χ0n) is 24.8. The Morgan fingerprint density at radius 3 is 2.51 bits per heavy atom. The number of carbonyl (C=O) groups is 2. The maximum absolute atomic E-state index is 15.5. The van der Waals surface area contributed by atoms with Gasteiger partial charge in [0.1, 0.15) is 22.9 Å². The van der Waals surface area contributed by atoms with E-state index < -0.39 is 11.5 Å². The molecule has 1 amide bonds. The molecule has 1 aliphatic carbocycles. The maximum Gasteiger partial charge on any atom is 0.265 e. The minimum atomic E-state index is -0.534. The topological polar surface area (TPSA) is 102 Å². The lowest BCUT2D eigenvalue weighted by Gasteiger charge is -2.18. The van der Waals surface area contributed by atoms with Gasteiger partial charge < -0.3 is 19.9 Å². The molecule has 1 saturated carbocycles. The van der Waals surface area contributed by atoms with Gasteiger partial charge in [-0.1, -0.05) is 30.3 Å². The molecule has 1 aliphatic rings. The van der Waals surface area contributed by atoms with E-state index in [0.29, 0.717) is 60.2 Å². The number of aromatic nitrogens is 2. The number of aryl methyl sites for hydroxylation is 1. The second-order valence-electron chi connectivity index (χ2n) is 11.1. The van der Waals surface area contributed by atoms with Crippen molar-refractivity contribution in [3.63, 3.8) is 0 Å². The molecule has 222 valence electrons. The third-order valence-electron chi connectivity index (χ3n) is 8.21. The van der Waals surface area contributed by atoms with E-state index in [1.807, 2.05) is 50.2 Å².